The van der Waals surface area contributed by atoms with Crippen LogP contribution in [0.1, 0.15) is 16.1 Å². The molecule has 4 aromatic rings. The van der Waals surface area contributed by atoms with Crippen molar-refractivity contribution in [2.24, 2.45) is 0 Å². The van der Waals surface area contributed by atoms with Gasteiger partial charge in [-0.3, -0.25) is 4.79 Å². The van der Waals surface area contributed by atoms with E-state index in [9.17, 15) is 9.59 Å². The number of esters is 1. The van der Waals surface area contributed by atoms with Gasteiger partial charge in [0.1, 0.15) is 5.69 Å². The summed E-state index contributed by atoms with van der Waals surface area (Å²) in [5.74, 6) is -1.02. The summed E-state index contributed by atoms with van der Waals surface area (Å²) in [6.07, 6.45) is 0. The highest BCUT2D eigenvalue weighted by Crippen LogP contribution is 2.26. The molecule has 0 unspecified atom stereocenters. The van der Waals surface area contributed by atoms with Crippen molar-refractivity contribution in [1.82, 2.24) is 15.1 Å². The van der Waals surface area contributed by atoms with E-state index in [2.05, 4.69) is 10.4 Å². The fraction of sp³-hybridized carbons (Fsp3) is 0.0870. The van der Waals surface area contributed by atoms with Gasteiger partial charge in [-0.15, -0.1) is 11.3 Å². The summed E-state index contributed by atoms with van der Waals surface area (Å²) in [6, 6.07) is 22.0. The van der Waals surface area contributed by atoms with Crippen LogP contribution < -0.4 is 5.32 Å². The van der Waals surface area contributed by atoms with E-state index in [1.54, 1.807) is 18.2 Å². The van der Waals surface area contributed by atoms with Crippen molar-refractivity contribution in [2.45, 2.75) is 6.54 Å². The molecule has 6 nitrogen and oxygen atoms in total. The minimum Gasteiger partial charge on any atom is -0.451 e. The maximum atomic E-state index is 12.8. The molecule has 0 radical (unpaired) electrons. The van der Waals surface area contributed by atoms with Crippen LogP contribution in [0.5, 0.6) is 0 Å². The molecule has 0 fully saturated rings. The first-order chi connectivity index (χ1) is 15.1. The number of hydrogen-bond donors (Lipinski definition) is 1. The lowest BCUT2D eigenvalue weighted by Gasteiger charge is -2.08. The summed E-state index contributed by atoms with van der Waals surface area (Å²) in [5, 5.41) is 9.86. The second-order valence-corrected chi connectivity index (χ2v) is 8.00. The second kappa shape index (κ2) is 9.59. The maximum absolute atomic E-state index is 12.8. The fourth-order valence-corrected chi connectivity index (χ4v) is 3.70. The highest BCUT2D eigenvalue weighted by Gasteiger charge is 2.20. The first-order valence-electron chi connectivity index (χ1n) is 9.48. The number of thiophene rings is 1. The summed E-state index contributed by atoms with van der Waals surface area (Å²) in [6.45, 7) is -0.0707. The number of hydrogen-bond acceptors (Lipinski definition) is 5. The van der Waals surface area contributed by atoms with Gasteiger partial charge in [-0.05, 0) is 41.3 Å². The lowest BCUT2D eigenvalue weighted by Crippen LogP contribution is -2.28. The number of rotatable bonds is 7. The molecule has 4 rings (SSSR count). The van der Waals surface area contributed by atoms with E-state index in [0.29, 0.717) is 17.3 Å². The summed E-state index contributed by atoms with van der Waals surface area (Å²) < 4.78 is 6.79. The largest absolute Gasteiger partial charge is 0.451 e. The van der Waals surface area contributed by atoms with E-state index >= 15 is 0 Å². The predicted octanol–water partition coefficient (Wildman–Crippen LogP) is 4.73. The van der Waals surface area contributed by atoms with Crippen LogP contribution in [0, 0.1) is 0 Å². The number of amides is 1. The number of aromatic nitrogens is 2. The van der Waals surface area contributed by atoms with Crippen LogP contribution in [0.3, 0.4) is 0 Å². The molecular formula is C23H18ClN3O3S. The Bertz CT molecular complexity index is 1170. The number of carbonyl (C=O) groups is 2. The molecule has 0 atom stereocenters. The third-order valence-electron chi connectivity index (χ3n) is 4.43. The number of halogens is 1. The standard InChI is InChI=1S/C23H18ClN3O3S/c24-17-10-8-16(9-11-17)14-25-22(28)15-30-23(29)20-13-19(21-7-4-12-31-21)26-27(20)18-5-2-1-3-6-18/h1-13H,14-15H2,(H,25,28). The molecule has 156 valence electrons. The van der Waals surface area contributed by atoms with Gasteiger partial charge in [-0.25, -0.2) is 9.48 Å². The molecule has 8 heteroatoms. The van der Waals surface area contributed by atoms with Crippen molar-refractivity contribution in [1.29, 1.82) is 0 Å². The average Bonchev–Trinajstić information content (AvgIpc) is 3.48. The van der Waals surface area contributed by atoms with Gasteiger partial charge >= 0.3 is 5.97 Å². The van der Waals surface area contributed by atoms with Gasteiger partial charge in [0, 0.05) is 17.6 Å². The van der Waals surface area contributed by atoms with Crippen LogP contribution in [-0.2, 0) is 16.1 Å². The Balaban J connectivity index is 1.45. The Morgan fingerprint density at radius 2 is 1.81 bits per heavy atom. The molecule has 1 amide bonds. The molecule has 0 aliphatic carbocycles. The van der Waals surface area contributed by atoms with E-state index in [4.69, 9.17) is 16.3 Å². The van der Waals surface area contributed by atoms with Crippen LogP contribution in [0.25, 0.3) is 16.3 Å². The minimum absolute atomic E-state index is 0.250. The van der Waals surface area contributed by atoms with Crippen molar-refractivity contribution >= 4 is 34.8 Å². The number of carbonyl (C=O) groups excluding carboxylic acids is 2. The molecule has 0 saturated carbocycles. The van der Waals surface area contributed by atoms with Crippen molar-refractivity contribution in [3.05, 3.63) is 94.5 Å². The molecule has 0 bridgehead atoms. The van der Waals surface area contributed by atoms with Gasteiger partial charge in [0.25, 0.3) is 5.91 Å². The van der Waals surface area contributed by atoms with Crippen LogP contribution in [-0.4, -0.2) is 28.3 Å². The lowest BCUT2D eigenvalue weighted by molar-refractivity contribution is -0.124. The maximum Gasteiger partial charge on any atom is 0.357 e. The van der Waals surface area contributed by atoms with Crippen LogP contribution >= 0.6 is 22.9 Å². The van der Waals surface area contributed by atoms with Crippen molar-refractivity contribution in [3.63, 3.8) is 0 Å². The Labute approximate surface area is 188 Å². The number of para-hydroxylation sites is 1. The van der Waals surface area contributed by atoms with Gasteiger partial charge in [-0.2, -0.15) is 5.10 Å². The third kappa shape index (κ3) is 5.20. The first kappa shape index (κ1) is 20.8. The quantitative estimate of drug-likeness (QED) is 0.412. The molecule has 1 N–H and O–H groups in total. The third-order valence-corrected chi connectivity index (χ3v) is 5.57. The first-order valence-corrected chi connectivity index (χ1v) is 10.7. The molecule has 31 heavy (non-hydrogen) atoms. The van der Waals surface area contributed by atoms with Gasteiger partial charge in [0.05, 0.1) is 10.6 Å². The SMILES string of the molecule is O=C(COC(=O)c1cc(-c2cccs2)nn1-c1ccccc1)NCc1ccc(Cl)cc1. The number of nitrogens with zero attached hydrogens (tertiary/aromatic N) is 2. The highest BCUT2D eigenvalue weighted by atomic mass is 35.5. The van der Waals surface area contributed by atoms with Crippen molar-refractivity contribution in [3.8, 4) is 16.3 Å². The smallest absolute Gasteiger partial charge is 0.357 e. The minimum atomic E-state index is -0.624. The second-order valence-electron chi connectivity index (χ2n) is 6.62. The molecular weight excluding hydrogens is 434 g/mol. The molecule has 0 aliphatic rings. The summed E-state index contributed by atoms with van der Waals surface area (Å²) in [4.78, 5) is 25.8. The van der Waals surface area contributed by atoms with E-state index < -0.39 is 11.9 Å². The Kier molecular flexibility index (Phi) is 6.45. The van der Waals surface area contributed by atoms with Crippen LogP contribution in [0.4, 0.5) is 0 Å². The predicted molar refractivity (Wildman–Crippen MR) is 120 cm³/mol. The number of benzene rings is 2. The van der Waals surface area contributed by atoms with Gasteiger partial charge < -0.3 is 10.1 Å². The zero-order valence-corrected chi connectivity index (χ0v) is 17.9. The number of nitrogens with one attached hydrogen (secondary N) is 1. The molecule has 2 aromatic heterocycles. The molecule has 2 aromatic carbocycles. The Morgan fingerprint density at radius 3 is 2.52 bits per heavy atom. The molecule has 0 spiro atoms. The number of ether oxygens (including phenoxy) is 1. The zero-order valence-electron chi connectivity index (χ0n) is 16.3. The van der Waals surface area contributed by atoms with Gasteiger partial charge in [0.2, 0.25) is 0 Å². The lowest BCUT2D eigenvalue weighted by atomic mass is 10.2. The van der Waals surface area contributed by atoms with Crippen LogP contribution in [0.15, 0.2) is 78.2 Å². The van der Waals surface area contributed by atoms with E-state index in [1.165, 1.54) is 16.0 Å². The normalized spacial score (nSPS) is 10.6. The summed E-state index contributed by atoms with van der Waals surface area (Å²) in [7, 11) is 0. The van der Waals surface area contributed by atoms with Crippen molar-refractivity contribution < 1.29 is 14.3 Å². The zero-order chi connectivity index (χ0) is 21.6. The van der Waals surface area contributed by atoms with Crippen LogP contribution in [0.2, 0.25) is 5.02 Å². The van der Waals surface area contributed by atoms with E-state index in [-0.39, 0.29) is 12.3 Å². The highest BCUT2D eigenvalue weighted by molar-refractivity contribution is 7.13. The van der Waals surface area contributed by atoms with Crippen molar-refractivity contribution in [2.75, 3.05) is 6.61 Å². The van der Waals surface area contributed by atoms with Gasteiger partial charge in [-0.1, -0.05) is 48.0 Å². The Hall–Kier alpha value is -3.42. The molecule has 0 aliphatic heterocycles. The fourth-order valence-electron chi connectivity index (χ4n) is 2.90. The summed E-state index contributed by atoms with van der Waals surface area (Å²) >= 11 is 7.39. The topological polar surface area (TPSA) is 73.2 Å². The van der Waals surface area contributed by atoms with Gasteiger partial charge in [0.15, 0.2) is 12.3 Å². The summed E-state index contributed by atoms with van der Waals surface area (Å²) in [5.41, 5.74) is 2.54. The average molecular weight is 452 g/mol. The van der Waals surface area contributed by atoms with E-state index in [1.807, 2.05) is 60.0 Å². The van der Waals surface area contributed by atoms with E-state index in [0.717, 1.165) is 16.1 Å². The molecule has 2 heterocycles. The Morgan fingerprint density at radius 1 is 1.03 bits per heavy atom. The molecule has 0 saturated heterocycles. The monoisotopic (exact) mass is 451 g/mol.